The second kappa shape index (κ2) is 4.92. The topological polar surface area (TPSA) is 26.3 Å². The molecule has 0 saturated heterocycles. The van der Waals surface area contributed by atoms with Crippen LogP contribution in [0.2, 0.25) is 0 Å². The Morgan fingerprint density at radius 3 is 2.36 bits per heavy atom. The number of ether oxygens (including phenoxy) is 1. The van der Waals surface area contributed by atoms with Gasteiger partial charge in [0.25, 0.3) is 0 Å². The van der Waals surface area contributed by atoms with E-state index in [4.69, 9.17) is 4.74 Å². The fourth-order valence-corrected chi connectivity index (χ4v) is 2.33. The minimum absolute atomic E-state index is 0.297. The first-order valence-corrected chi connectivity index (χ1v) is 5.82. The first-order chi connectivity index (χ1) is 6.64. The molecule has 0 aromatic carbocycles. The van der Waals surface area contributed by atoms with Gasteiger partial charge in [-0.05, 0) is 38.5 Å². The van der Waals surface area contributed by atoms with Crippen molar-refractivity contribution in [2.45, 2.75) is 58.5 Å². The van der Waals surface area contributed by atoms with Crippen molar-refractivity contribution in [2.75, 3.05) is 6.61 Å². The zero-order chi connectivity index (χ0) is 10.6. The molecule has 0 bridgehead atoms. The Labute approximate surface area is 87.0 Å². The van der Waals surface area contributed by atoms with Gasteiger partial charge in [0.15, 0.2) is 5.78 Å². The van der Waals surface area contributed by atoms with Crippen LogP contribution >= 0.6 is 0 Å². The molecule has 0 amide bonds. The van der Waals surface area contributed by atoms with Gasteiger partial charge >= 0.3 is 0 Å². The normalized spacial score (nSPS) is 32.9. The van der Waals surface area contributed by atoms with E-state index >= 15 is 0 Å². The van der Waals surface area contributed by atoms with E-state index < -0.39 is 5.60 Å². The Bertz CT molecular complexity index is 190. The van der Waals surface area contributed by atoms with Gasteiger partial charge in [0, 0.05) is 13.0 Å². The van der Waals surface area contributed by atoms with Crippen LogP contribution in [0.25, 0.3) is 0 Å². The van der Waals surface area contributed by atoms with Crippen LogP contribution in [0.4, 0.5) is 0 Å². The van der Waals surface area contributed by atoms with Gasteiger partial charge in [-0.1, -0.05) is 13.8 Å². The van der Waals surface area contributed by atoms with E-state index in [9.17, 15) is 4.79 Å². The lowest BCUT2D eigenvalue weighted by molar-refractivity contribution is -0.149. The number of rotatable bonds is 4. The van der Waals surface area contributed by atoms with Crippen LogP contribution < -0.4 is 0 Å². The average molecular weight is 198 g/mol. The highest BCUT2D eigenvalue weighted by atomic mass is 16.5. The molecule has 0 unspecified atom stereocenters. The SMILES string of the molecule is CCOC1(C(=O)CC)CCC(C)CC1. The maximum absolute atomic E-state index is 11.9. The van der Waals surface area contributed by atoms with E-state index in [0.29, 0.717) is 18.8 Å². The molecule has 0 aromatic heterocycles. The Morgan fingerprint density at radius 2 is 1.93 bits per heavy atom. The van der Waals surface area contributed by atoms with E-state index in [1.165, 1.54) is 0 Å². The molecule has 2 heteroatoms. The second-order valence-electron chi connectivity index (χ2n) is 4.39. The lowest BCUT2D eigenvalue weighted by atomic mass is 9.76. The highest BCUT2D eigenvalue weighted by Gasteiger charge is 2.40. The number of carbonyl (C=O) groups excluding carboxylic acids is 1. The largest absolute Gasteiger partial charge is 0.368 e. The molecule has 14 heavy (non-hydrogen) atoms. The summed E-state index contributed by atoms with van der Waals surface area (Å²) in [7, 11) is 0. The number of hydrogen-bond donors (Lipinski definition) is 0. The zero-order valence-corrected chi connectivity index (χ0v) is 9.64. The van der Waals surface area contributed by atoms with Gasteiger partial charge < -0.3 is 4.74 Å². The third kappa shape index (κ3) is 2.35. The van der Waals surface area contributed by atoms with E-state index in [0.717, 1.165) is 31.6 Å². The summed E-state index contributed by atoms with van der Waals surface area (Å²) in [6.45, 7) is 6.82. The zero-order valence-electron chi connectivity index (χ0n) is 9.64. The van der Waals surface area contributed by atoms with Gasteiger partial charge in [-0.25, -0.2) is 0 Å². The third-order valence-corrected chi connectivity index (χ3v) is 3.33. The fraction of sp³-hybridized carbons (Fsp3) is 0.917. The summed E-state index contributed by atoms with van der Waals surface area (Å²) >= 11 is 0. The monoisotopic (exact) mass is 198 g/mol. The molecule has 82 valence electrons. The van der Waals surface area contributed by atoms with Gasteiger partial charge in [-0.2, -0.15) is 0 Å². The molecule has 0 heterocycles. The van der Waals surface area contributed by atoms with Crippen LogP contribution in [0.1, 0.15) is 52.9 Å². The number of Topliss-reactive ketones (excluding diaryl/α,β-unsaturated/α-hetero) is 1. The molecule has 1 saturated carbocycles. The van der Waals surface area contributed by atoms with Crippen molar-refractivity contribution in [3.05, 3.63) is 0 Å². The van der Waals surface area contributed by atoms with Crippen molar-refractivity contribution in [3.63, 3.8) is 0 Å². The third-order valence-electron chi connectivity index (χ3n) is 3.33. The molecule has 0 spiro atoms. The van der Waals surface area contributed by atoms with Crippen molar-refractivity contribution >= 4 is 5.78 Å². The van der Waals surface area contributed by atoms with E-state index in [2.05, 4.69) is 6.92 Å². The molecular weight excluding hydrogens is 176 g/mol. The first-order valence-electron chi connectivity index (χ1n) is 5.82. The predicted octanol–water partition coefficient (Wildman–Crippen LogP) is 2.95. The van der Waals surface area contributed by atoms with Crippen LogP contribution in [-0.4, -0.2) is 18.0 Å². The molecule has 0 N–H and O–H groups in total. The highest BCUT2D eigenvalue weighted by molar-refractivity contribution is 5.87. The maximum Gasteiger partial charge on any atom is 0.164 e. The molecule has 2 nitrogen and oxygen atoms in total. The van der Waals surface area contributed by atoms with Gasteiger partial charge in [0.2, 0.25) is 0 Å². The van der Waals surface area contributed by atoms with Crippen molar-refractivity contribution < 1.29 is 9.53 Å². The van der Waals surface area contributed by atoms with Gasteiger partial charge in [-0.3, -0.25) is 4.79 Å². The molecule has 1 aliphatic carbocycles. The summed E-state index contributed by atoms with van der Waals surface area (Å²) in [4.78, 5) is 11.9. The van der Waals surface area contributed by atoms with Gasteiger partial charge in [0.05, 0.1) is 0 Å². The molecule has 1 rings (SSSR count). The first kappa shape index (κ1) is 11.7. The van der Waals surface area contributed by atoms with Crippen molar-refractivity contribution in [2.24, 2.45) is 5.92 Å². The van der Waals surface area contributed by atoms with Crippen molar-refractivity contribution in [1.82, 2.24) is 0 Å². The Balaban J connectivity index is 2.67. The van der Waals surface area contributed by atoms with E-state index in [-0.39, 0.29) is 0 Å². The molecule has 1 fully saturated rings. The number of hydrogen-bond acceptors (Lipinski definition) is 2. The van der Waals surface area contributed by atoms with Crippen LogP contribution in [0.3, 0.4) is 0 Å². The van der Waals surface area contributed by atoms with E-state index in [1.807, 2.05) is 13.8 Å². The highest BCUT2D eigenvalue weighted by Crippen LogP contribution is 2.36. The summed E-state index contributed by atoms with van der Waals surface area (Å²) in [5.41, 5.74) is -0.421. The predicted molar refractivity (Wildman–Crippen MR) is 57.3 cm³/mol. The van der Waals surface area contributed by atoms with Gasteiger partial charge in [0.1, 0.15) is 5.60 Å². The standard InChI is InChI=1S/C12H22O2/c1-4-11(13)12(14-5-2)8-6-10(3)7-9-12/h10H,4-9H2,1-3H3. The van der Waals surface area contributed by atoms with Crippen LogP contribution in [-0.2, 0) is 9.53 Å². The quantitative estimate of drug-likeness (QED) is 0.694. The van der Waals surface area contributed by atoms with E-state index in [1.54, 1.807) is 0 Å². The summed E-state index contributed by atoms with van der Waals surface area (Å²) in [5, 5.41) is 0. The summed E-state index contributed by atoms with van der Waals surface area (Å²) in [6, 6.07) is 0. The second-order valence-corrected chi connectivity index (χ2v) is 4.39. The lowest BCUT2D eigenvalue weighted by Crippen LogP contribution is -2.44. The minimum Gasteiger partial charge on any atom is -0.368 e. The Morgan fingerprint density at radius 1 is 1.36 bits per heavy atom. The van der Waals surface area contributed by atoms with Gasteiger partial charge in [-0.15, -0.1) is 0 Å². The molecule has 0 aromatic rings. The van der Waals surface area contributed by atoms with Crippen molar-refractivity contribution in [3.8, 4) is 0 Å². The van der Waals surface area contributed by atoms with Crippen LogP contribution in [0.15, 0.2) is 0 Å². The average Bonchev–Trinajstić information content (AvgIpc) is 2.21. The Hall–Kier alpha value is -0.370. The molecular formula is C12H22O2. The minimum atomic E-state index is -0.421. The molecule has 1 aliphatic rings. The van der Waals surface area contributed by atoms with Crippen molar-refractivity contribution in [1.29, 1.82) is 0 Å². The fourth-order valence-electron chi connectivity index (χ4n) is 2.33. The summed E-state index contributed by atoms with van der Waals surface area (Å²) in [6.07, 6.45) is 4.72. The molecule has 0 radical (unpaired) electrons. The van der Waals surface area contributed by atoms with Crippen LogP contribution in [0.5, 0.6) is 0 Å². The summed E-state index contributed by atoms with van der Waals surface area (Å²) in [5.74, 6) is 1.06. The maximum atomic E-state index is 11.9. The summed E-state index contributed by atoms with van der Waals surface area (Å²) < 4.78 is 5.72. The number of carbonyl (C=O) groups is 1. The lowest BCUT2D eigenvalue weighted by Gasteiger charge is -2.37. The number of ketones is 1. The molecule has 0 aliphatic heterocycles. The van der Waals surface area contributed by atoms with Crippen LogP contribution in [0, 0.1) is 5.92 Å². The smallest absolute Gasteiger partial charge is 0.164 e. The molecule has 0 atom stereocenters. The Kier molecular flexibility index (Phi) is 4.11.